The first-order valence-electron chi connectivity index (χ1n) is 5.95. The molecule has 96 valence electrons. The molecule has 1 heterocycles. The Balaban J connectivity index is 1.92. The molecule has 4 heteroatoms. The minimum absolute atomic E-state index is 0.209. The summed E-state index contributed by atoms with van der Waals surface area (Å²) >= 11 is 0. The fraction of sp³-hybridized carbons (Fsp3) is 0.0667. The fourth-order valence-electron chi connectivity index (χ4n) is 1.56. The topological polar surface area (TPSA) is 54.0 Å². The number of aromatic nitrogens is 1. The van der Waals surface area contributed by atoms with Crippen LogP contribution in [0.2, 0.25) is 0 Å². The summed E-state index contributed by atoms with van der Waals surface area (Å²) in [5.74, 6) is 0.630. The summed E-state index contributed by atoms with van der Waals surface area (Å²) in [6.45, 7) is 4.10. The highest BCUT2D eigenvalue weighted by Gasteiger charge is 1.98. The summed E-state index contributed by atoms with van der Waals surface area (Å²) in [7, 11) is 0. The summed E-state index contributed by atoms with van der Waals surface area (Å²) in [6, 6.07) is 13.3. The van der Waals surface area contributed by atoms with E-state index in [1.54, 1.807) is 6.20 Å². The number of nitrogens with one attached hydrogen (secondary N) is 2. The molecule has 0 saturated carbocycles. The molecule has 0 saturated heterocycles. The van der Waals surface area contributed by atoms with E-state index < -0.39 is 0 Å². The predicted molar refractivity (Wildman–Crippen MR) is 76.8 cm³/mol. The molecule has 0 aliphatic rings. The molecule has 1 aromatic heterocycles. The summed E-state index contributed by atoms with van der Waals surface area (Å²) < 4.78 is 0. The molecule has 19 heavy (non-hydrogen) atoms. The van der Waals surface area contributed by atoms with Crippen molar-refractivity contribution in [3.05, 3.63) is 66.9 Å². The summed E-state index contributed by atoms with van der Waals surface area (Å²) in [4.78, 5) is 15.3. The second kappa shape index (κ2) is 6.35. The molecule has 2 N–H and O–H groups in total. The van der Waals surface area contributed by atoms with Crippen LogP contribution >= 0.6 is 0 Å². The van der Waals surface area contributed by atoms with Crippen molar-refractivity contribution in [3.8, 4) is 0 Å². The van der Waals surface area contributed by atoms with Crippen LogP contribution in [-0.2, 0) is 11.3 Å². The van der Waals surface area contributed by atoms with E-state index in [0.717, 1.165) is 17.1 Å². The first kappa shape index (κ1) is 12.8. The Bertz CT molecular complexity index is 549. The van der Waals surface area contributed by atoms with Crippen molar-refractivity contribution in [3.63, 3.8) is 0 Å². The normalized spacial score (nSPS) is 9.68. The molecule has 0 bridgehead atoms. The molecule has 0 radical (unpaired) electrons. The average molecular weight is 253 g/mol. The van der Waals surface area contributed by atoms with Crippen molar-refractivity contribution < 1.29 is 4.79 Å². The van der Waals surface area contributed by atoms with Crippen molar-refractivity contribution in [2.24, 2.45) is 0 Å². The van der Waals surface area contributed by atoms with Gasteiger partial charge in [-0.1, -0.05) is 24.8 Å². The molecule has 1 amide bonds. The van der Waals surface area contributed by atoms with Crippen LogP contribution in [0, 0.1) is 0 Å². The largest absolute Gasteiger partial charge is 0.366 e. The van der Waals surface area contributed by atoms with E-state index >= 15 is 0 Å². The van der Waals surface area contributed by atoms with Crippen LogP contribution in [0.5, 0.6) is 0 Å². The number of carbonyl (C=O) groups excluding carboxylic acids is 1. The quantitative estimate of drug-likeness (QED) is 0.806. The van der Waals surface area contributed by atoms with Crippen LogP contribution in [0.25, 0.3) is 0 Å². The highest BCUT2D eigenvalue weighted by Crippen LogP contribution is 2.11. The minimum atomic E-state index is -0.209. The third kappa shape index (κ3) is 3.96. The Morgan fingerprint density at radius 3 is 2.63 bits per heavy atom. The number of anilines is 2. The Morgan fingerprint density at radius 2 is 2.00 bits per heavy atom. The second-order valence-electron chi connectivity index (χ2n) is 3.96. The lowest BCUT2D eigenvalue weighted by Gasteiger charge is -2.07. The standard InChI is InChI=1S/C15H15N3O/c1-2-15(19)18-13-8-6-12(7-9-13)11-17-14-5-3-4-10-16-14/h2-10H,1,11H2,(H,16,17)(H,18,19). The van der Waals surface area contributed by atoms with Crippen LogP contribution in [0.3, 0.4) is 0 Å². The van der Waals surface area contributed by atoms with Gasteiger partial charge in [-0.25, -0.2) is 4.98 Å². The third-order valence-corrected chi connectivity index (χ3v) is 2.55. The van der Waals surface area contributed by atoms with Gasteiger partial charge in [-0.05, 0) is 35.9 Å². The summed E-state index contributed by atoms with van der Waals surface area (Å²) in [6.07, 6.45) is 2.99. The number of nitrogens with zero attached hydrogens (tertiary/aromatic N) is 1. The number of amides is 1. The molecule has 0 atom stereocenters. The molecule has 0 spiro atoms. The van der Waals surface area contributed by atoms with Gasteiger partial charge in [-0.2, -0.15) is 0 Å². The van der Waals surface area contributed by atoms with Gasteiger partial charge < -0.3 is 10.6 Å². The van der Waals surface area contributed by atoms with E-state index in [9.17, 15) is 4.79 Å². The number of hydrogen-bond donors (Lipinski definition) is 2. The van der Waals surface area contributed by atoms with Crippen LogP contribution in [0.1, 0.15) is 5.56 Å². The van der Waals surface area contributed by atoms with Crippen molar-refractivity contribution >= 4 is 17.4 Å². The van der Waals surface area contributed by atoms with Gasteiger partial charge in [-0.3, -0.25) is 4.79 Å². The van der Waals surface area contributed by atoms with Gasteiger partial charge in [0.2, 0.25) is 5.91 Å². The van der Waals surface area contributed by atoms with Gasteiger partial charge in [-0.15, -0.1) is 0 Å². The zero-order valence-corrected chi connectivity index (χ0v) is 10.5. The molecule has 0 aliphatic carbocycles. The van der Waals surface area contributed by atoms with Crippen molar-refractivity contribution in [2.75, 3.05) is 10.6 Å². The van der Waals surface area contributed by atoms with Gasteiger partial charge in [0.1, 0.15) is 5.82 Å². The lowest BCUT2D eigenvalue weighted by molar-refractivity contribution is -0.111. The maximum Gasteiger partial charge on any atom is 0.247 e. The molecule has 2 aromatic rings. The van der Waals surface area contributed by atoms with Crippen LogP contribution in [-0.4, -0.2) is 10.9 Å². The number of carbonyl (C=O) groups is 1. The van der Waals surface area contributed by atoms with E-state index in [0.29, 0.717) is 6.54 Å². The fourth-order valence-corrected chi connectivity index (χ4v) is 1.56. The van der Waals surface area contributed by atoms with Crippen LogP contribution in [0.4, 0.5) is 11.5 Å². The van der Waals surface area contributed by atoms with E-state index in [1.165, 1.54) is 6.08 Å². The molecule has 0 aliphatic heterocycles. The molecule has 1 aromatic carbocycles. The van der Waals surface area contributed by atoms with Crippen molar-refractivity contribution in [1.82, 2.24) is 4.98 Å². The van der Waals surface area contributed by atoms with Crippen molar-refractivity contribution in [1.29, 1.82) is 0 Å². The monoisotopic (exact) mass is 253 g/mol. The number of pyridine rings is 1. The van der Waals surface area contributed by atoms with Crippen LogP contribution in [0.15, 0.2) is 61.3 Å². The SMILES string of the molecule is C=CC(=O)Nc1ccc(CNc2ccccn2)cc1. The van der Waals surface area contributed by atoms with E-state index in [-0.39, 0.29) is 5.91 Å². The van der Waals surface area contributed by atoms with E-state index in [1.807, 2.05) is 42.5 Å². The summed E-state index contributed by atoms with van der Waals surface area (Å²) in [5.41, 5.74) is 1.87. The van der Waals surface area contributed by atoms with Gasteiger partial charge in [0.25, 0.3) is 0 Å². The first-order chi connectivity index (χ1) is 9.28. The zero-order chi connectivity index (χ0) is 13.5. The van der Waals surface area contributed by atoms with Gasteiger partial charge in [0.15, 0.2) is 0 Å². The van der Waals surface area contributed by atoms with E-state index in [4.69, 9.17) is 0 Å². The predicted octanol–water partition coefficient (Wildman–Crippen LogP) is 2.82. The first-order valence-corrected chi connectivity index (χ1v) is 5.95. The molecule has 2 rings (SSSR count). The molecule has 0 unspecified atom stereocenters. The Kier molecular flexibility index (Phi) is 4.29. The average Bonchev–Trinajstić information content (AvgIpc) is 2.47. The molecular weight excluding hydrogens is 238 g/mol. The maximum atomic E-state index is 11.1. The van der Waals surface area contributed by atoms with Gasteiger partial charge in [0, 0.05) is 18.4 Å². The molecular formula is C15H15N3O. The Labute approximate surface area is 112 Å². The van der Waals surface area contributed by atoms with E-state index in [2.05, 4.69) is 22.2 Å². The van der Waals surface area contributed by atoms with Crippen molar-refractivity contribution in [2.45, 2.75) is 6.54 Å². The van der Waals surface area contributed by atoms with Gasteiger partial charge >= 0.3 is 0 Å². The highest BCUT2D eigenvalue weighted by molar-refractivity contribution is 5.98. The lowest BCUT2D eigenvalue weighted by atomic mass is 10.2. The molecule has 0 fully saturated rings. The number of rotatable bonds is 5. The minimum Gasteiger partial charge on any atom is -0.366 e. The zero-order valence-electron chi connectivity index (χ0n) is 10.5. The Hall–Kier alpha value is -2.62. The van der Waals surface area contributed by atoms with Crippen LogP contribution < -0.4 is 10.6 Å². The highest BCUT2D eigenvalue weighted by atomic mass is 16.1. The molecule has 4 nitrogen and oxygen atoms in total. The number of hydrogen-bond acceptors (Lipinski definition) is 3. The third-order valence-electron chi connectivity index (χ3n) is 2.55. The number of benzene rings is 1. The Morgan fingerprint density at radius 1 is 1.21 bits per heavy atom. The maximum absolute atomic E-state index is 11.1. The van der Waals surface area contributed by atoms with Gasteiger partial charge in [0.05, 0.1) is 0 Å². The second-order valence-corrected chi connectivity index (χ2v) is 3.96. The smallest absolute Gasteiger partial charge is 0.247 e. The summed E-state index contributed by atoms with van der Waals surface area (Å²) in [5, 5.41) is 5.92. The lowest BCUT2D eigenvalue weighted by Crippen LogP contribution is -2.07.